The van der Waals surface area contributed by atoms with Gasteiger partial charge in [0, 0.05) is 37.2 Å². The van der Waals surface area contributed by atoms with Crippen LogP contribution in [-0.4, -0.2) is 33.7 Å². The highest BCUT2D eigenvalue weighted by Gasteiger charge is 2.15. The summed E-state index contributed by atoms with van der Waals surface area (Å²) in [5.74, 6) is 1.81. The minimum Gasteiger partial charge on any atom is -0.326 e. The molecule has 5 rings (SSSR count). The Kier molecular flexibility index (Phi) is 3.57. The van der Waals surface area contributed by atoms with E-state index in [4.69, 9.17) is 0 Å². The number of hydrogen-bond acceptors (Lipinski definition) is 4. The van der Waals surface area contributed by atoms with Gasteiger partial charge < -0.3 is 9.13 Å². The predicted molar refractivity (Wildman–Crippen MR) is 102 cm³/mol. The first-order valence-corrected chi connectivity index (χ1v) is 8.69. The van der Waals surface area contributed by atoms with E-state index in [0.29, 0.717) is 6.54 Å². The summed E-state index contributed by atoms with van der Waals surface area (Å²) in [6, 6.07) is 10.2. The summed E-state index contributed by atoms with van der Waals surface area (Å²) in [4.78, 5) is 13.4. The van der Waals surface area contributed by atoms with E-state index in [1.165, 1.54) is 5.56 Å². The molecule has 5 aromatic rings. The van der Waals surface area contributed by atoms with E-state index in [2.05, 4.69) is 47.4 Å². The highest BCUT2D eigenvalue weighted by atomic mass is 15.2. The van der Waals surface area contributed by atoms with Gasteiger partial charge in [-0.15, -0.1) is 0 Å². The van der Waals surface area contributed by atoms with Gasteiger partial charge in [0.05, 0.1) is 24.0 Å². The number of rotatable bonds is 4. The molecule has 0 amide bonds. The first-order valence-electron chi connectivity index (χ1n) is 8.69. The van der Waals surface area contributed by atoms with Crippen LogP contribution in [0.4, 0.5) is 0 Å². The van der Waals surface area contributed by atoms with E-state index in [1.807, 2.05) is 56.2 Å². The zero-order valence-corrected chi connectivity index (χ0v) is 14.8. The van der Waals surface area contributed by atoms with Gasteiger partial charge in [-0.05, 0) is 24.6 Å². The number of aryl methyl sites for hydroxylation is 1. The van der Waals surface area contributed by atoms with Gasteiger partial charge in [0.2, 0.25) is 0 Å². The molecule has 27 heavy (non-hydrogen) atoms. The lowest BCUT2D eigenvalue weighted by Crippen LogP contribution is -2.06. The highest BCUT2D eigenvalue weighted by molar-refractivity contribution is 5.72. The molecule has 7 heteroatoms. The van der Waals surface area contributed by atoms with Crippen molar-refractivity contribution in [2.45, 2.75) is 13.5 Å². The summed E-state index contributed by atoms with van der Waals surface area (Å²) >= 11 is 0. The number of fused-ring (bicyclic) bond motifs is 1. The van der Waals surface area contributed by atoms with Crippen molar-refractivity contribution in [3.8, 4) is 17.1 Å². The number of nitrogens with zero attached hydrogens (tertiary/aromatic N) is 7. The van der Waals surface area contributed by atoms with Gasteiger partial charge in [0.1, 0.15) is 11.6 Å². The summed E-state index contributed by atoms with van der Waals surface area (Å²) < 4.78 is 5.98. The number of hydrogen-bond donors (Lipinski definition) is 0. The number of para-hydroxylation sites is 1. The second-order valence-electron chi connectivity index (χ2n) is 6.30. The Labute approximate surface area is 155 Å². The van der Waals surface area contributed by atoms with Gasteiger partial charge in [-0.3, -0.25) is 0 Å². The number of imidazole rings is 2. The van der Waals surface area contributed by atoms with Crippen LogP contribution in [0.5, 0.6) is 0 Å². The summed E-state index contributed by atoms with van der Waals surface area (Å²) in [5.41, 5.74) is 4.01. The Morgan fingerprint density at radius 3 is 2.67 bits per heavy atom. The third-order valence-corrected chi connectivity index (χ3v) is 4.65. The molecule has 0 aliphatic carbocycles. The zero-order valence-electron chi connectivity index (χ0n) is 14.8. The normalized spacial score (nSPS) is 11.3. The molecule has 7 nitrogen and oxygen atoms in total. The molecule has 0 radical (unpaired) electrons. The van der Waals surface area contributed by atoms with Crippen molar-refractivity contribution >= 4 is 5.65 Å². The highest BCUT2D eigenvalue weighted by Crippen LogP contribution is 2.24. The van der Waals surface area contributed by atoms with Gasteiger partial charge in [-0.2, -0.15) is 5.10 Å². The quantitative estimate of drug-likeness (QED) is 0.497. The molecule has 0 spiro atoms. The van der Waals surface area contributed by atoms with Crippen molar-refractivity contribution in [3.05, 3.63) is 85.1 Å². The van der Waals surface area contributed by atoms with Crippen LogP contribution in [0, 0.1) is 6.92 Å². The molecule has 0 N–H and O–H groups in total. The molecule has 132 valence electrons. The maximum absolute atomic E-state index is 4.57. The van der Waals surface area contributed by atoms with Crippen molar-refractivity contribution in [3.63, 3.8) is 0 Å². The number of benzene rings is 1. The Hall–Kier alpha value is -3.74. The van der Waals surface area contributed by atoms with Crippen LogP contribution in [0.3, 0.4) is 0 Å². The van der Waals surface area contributed by atoms with Gasteiger partial charge >= 0.3 is 0 Å². The molecule has 0 fully saturated rings. The molecule has 4 heterocycles. The molecular weight excluding hydrogens is 338 g/mol. The van der Waals surface area contributed by atoms with Crippen molar-refractivity contribution in [1.29, 1.82) is 0 Å². The molecule has 0 atom stereocenters. The molecule has 0 aliphatic rings. The third kappa shape index (κ3) is 2.60. The zero-order chi connectivity index (χ0) is 18.2. The largest absolute Gasteiger partial charge is 0.326 e. The topological polar surface area (TPSA) is 65.8 Å². The predicted octanol–water partition coefficient (Wildman–Crippen LogP) is 3.14. The average Bonchev–Trinajstić information content (AvgIpc) is 3.42. The summed E-state index contributed by atoms with van der Waals surface area (Å²) in [5, 5.41) is 4.38. The van der Waals surface area contributed by atoms with Crippen molar-refractivity contribution in [2.75, 3.05) is 0 Å². The van der Waals surface area contributed by atoms with Gasteiger partial charge in [0.15, 0.2) is 5.65 Å². The van der Waals surface area contributed by atoms with Crippen molar-refractivity contribution in [2.24, 2.45) is 0 Å². The van der Waals surface area contributed by atoms with Crippen LogP contribution in [-0.2, 0) is 6.54 Å². The monoisotopic (exact) mass is 355 g/mol. The minimum atomic E-state index is 0.688. The van der Waals surface area contributed by atoms with Crippen molar-refractivity contribution in [1.82, 2.24) is 33.7 Å². The van der Waals surface area contributed by atoms with E-state index < -0.39 is 0 Å². The van der Waals surface area contributed by atoms with E-state index in [9.17, 15) is 0 Å². The lowest BCUT2D eigenvalue weighted by molar-refractivity contribution is 0.795. The van der Waals surface area contributed by atoms with E-state index in [1.54, 1.807) is 10.7 Å². The molecule has 0 saturated carbocycles. The van der Waals surface area contributed by atoms with Gasteiger partial charge in [-0.1, -0.05) is 18.2 Å². The Morgan fingerprint density at radius 2 is 1.78 bits per heavy atom. The Morgan fingerprint density at radius 1 is 0.889 bits per heavy atom. The molecule has 1 aromatic carbocycles. The maximum Gasteiger partial charge on any atom is 0.165 e. The van der Waals surface area contributed by atoms with E-state index in [-0.39, 0.29) is 0 Å². The fraction of sp³-hybridized carbons (Fsp3) is 0.100. The molecule has 4 aromatic heterocycles. The lowest BCUT2D eigenvalue weighted by Gasteiger charge is -2.13. The fourth-order valence-corrected chi connectivity index (χ4v) is 3.36. The molecule has 0 unspecified atom stereocenters. The van der Waals surface area contributed by atoms with Crippen LogP contribution >= 0.6 is 0 Å². The standard InChI is InChI=1S/C20H17N7/c1-15-21-9-12-26(15)18-6-3-2-5-16(18)14-25-11-8-23-19(25)17-13-24-27-10-4-7-22-20(17)27/h2-13H,14H2,1H3. The van der Waals surface area contributed by atoms with Crippen LogP contribution in [0.25, 0.3) is 22.7 Å². The summed E-state index contributed by atoms with van der Waals surface area (Å²) in [7, 11) is 0. The molecule has 0 bridgehead atoms. The van der Waals surface area contributed by atoms with Crippen LogP contribution < -0.4 is 0 Å². The van der Waals surface area contributed by atoms with Crippen LogP contribution in [0.15, 0.2) is 73.7 Å². The molecule has 0 aliphatic heterocycles. The Bertz CT molecular complexity index is 1230. The van der Waals surface area contributed by atoms with E-state index in [0.717, 1.165) is 28.5 Å². The first-order chi connectivity index (χ1) is 13.3. The Balaban J connectivity index is 1.58. The number of aromatic nitrogens is 7. The fourth-order valence-electron chi connectivity index (χ4n) is 3.36. The van der Waals surface area contributed by atoms with Gasteiger partial charge in [-0.25, -0.2) is 19.5 Å². The smallest absolute Gasteiger partial charge is 0.165 e. The first kappa shape index (κ1) is 15.5. The lowest BCUT2D eigenvalue weighted by atomic mass is 10.1. The van der Waals surface area contributed by atoms with E-state index >= 15 is 0 Å². The summed E-state index contributed by atoms with van der Waals surface area (Å²) in [6.07, 6.45) is 13.1. The second-order valence-corrected chi connectivity index (χ2v) is 6.30. The maximum atomic E-state index is 4.57. The molecular formula is C20H17N7. The summed E-state index contributed by atoms with van der Waals surface area (Å²) in [6.45, 7) is 2.69. The minimum absolute atomic E-state index is 0.688. The molecule has 0 saturated heterocycles. The second kappa shape index (κ2) is 6.21. The van der Waals surface area contributed by atoms with Gasteiger partial charge in [0.25, 0.3) is 0 Å². The SMILES string of the molecule is Cc1nccn1-c1ccccc1Cn1ccnc1-c1cnn2cccnc12. The van der Waals surface area contributed by atoms with Crippen LogP contribution in [0.1, 0.15) is 11.4 Å². The van der Waals surface area contributed by atoms with Crippen molar-refractivity contribution < 1.29 is 0 Å². The average molecular weight is 355 g/mol. The van der Waals surface area contributed by atoms with Crippen LogP contribution in [0.2, 0.25) is 0 Å². The third-order valence-electron chi connectivity index (χ3n) is 4.65.